The monoisotopic (exact) mass is 739 g/mol. The fourth-order valence-electron chi connectivity index (χ4n) is 6.07. The fraction of sp³-hybridized carbons (Fsp3) is 0.556. The van der Waals surface area contributed by atoms with Crippen LogP contribution in [0.2, 0.25) is 51.4 Å². The highest BCUT2D eigenvalue weighted by molar-refractivity contribution is 7.91. The Morgan fingerprint density at radius 1 is 1.04 bits per heavy atom. The molecule has 0 saturated heterocycles. The van der Waals surface area contributed by atoms with E-state index in [2.05, 4.69) is 50.3 Å². The van der Waals surface area contributed by atoms with E-state index in [1.54, 1.807) is 25.4 Å². The number of aryl methyl sites for hydroxylation is 1. The molecule has 11 nitrogen and oxygen atoms in total. The van der Waals surface area contributed by atoms with Crippen molar-refractivity contribution < 1.29 is 27.4 Å². The number of ether oxygens (including phenoxy) is 3. The number of methoxy groups -OCH3 is 1. The second kappa shape index (κ2) is 14.2. The highest BCUT2D eigenvalue weighted by atomic mass is 32.2. The number of hydrogen-bond donors (Lipinski definition) is 0. The maximum atomic E-state index is 14.3. The van der Waals surface area contributed by atoms with E-state index in [1.807, 2.05) is 45.3 Å². The summed E-state index contributed by atoms with van der Waals surface area (Å²) < 4.78 is 49.9. The molecule has 0 N–H and O–H groups in total. The molecule has 1 atom stereocenters. The number of benzene rings is 1. The summed E-state index contributed by atoms with van der Waals surface area (Å²) in [6.45, 7) is 23.1. The van der Waals surface area contributed by atoms with Crippen LogP contribution in [-0.4, -0.2) is 80.6 Å². The van der Waals surface area contributed by atoms with Gasteiger partial charge in [-0.1, -0.05) is 39.3 Å². The molecule has 14 heteroatoms. The van der Waals surface area contributed by atoms with Crippen molar-refractivity contribution in [1.29, 1.82) is 5.26 Å². The first kappa shape index (κ1) is 39.3. The lowest BCUT2D eigenvalue weighted by Gasteiger charge is -2.33. The quantitative estimate of drug-likeness (QED) is 0.0996. The maximum Gasteiger partial charge on any atom is 0.419 e. The molecule has 3 heterocycles. The third kappa shape index (κ3) is 9.04. The summed E-state index contributed by atoms with van der Waals surface area (Å²) in [6, 6.07) is 8.97. The van der Waals surface area contributed by atoms with E-state index in [9.17, 15) is 18.5 Å². The molecule has 0 spiro atoms. The molecule has 3 aromatic heterocycles. The molecule has 0 amide bonds. The van der Waals surface area contributed by atoms with Gasteiger partial charge in [-0.2, -0.15) is 5.26 Å². The van der Waals surface area contributed by atoms with Crippen LogP contribution in [0.5, 0.6) is 5.75 Å². The normalized spacial score (nSPS) is 14.1. The number of hydrogen-bond acceptors (Lipinski definition) is 9. The Morgan fingerprint density at radius 2 is 1.70 bits per heavy atom. The number of nitriles is 1. The number of imidazole rings is 1. The maximum absolute atomic E-state index is 14.3. The number of carbonyl (C=O) groups excluding carboxylic acids is 1. The molecule has 4 aromatic rings. The number of aromatic nitrogens is 4. The fourth-order valence-corrected chi connectivity index (χ4v) is 11.8. The van der Waals surface area contributed by atoms with Gasteiger partial charge in [0.2, 0.25) is 0 Å². The van der Waals surface area contributed by atoms with Crippen molar-refractivity contribution in [2.45, 2.75) is 104 Å². The standard InChI is InChI=1S/C36H53N5O6SSi2/c1-25-19-29(45-6)30(27-13-14-40(31(25)27)34(42)47-35(2,3)4)36(5,23-48(43,44)16-18-50(10,11)12)33-39-28-20-26(21-37)22-38-32(28)41(33)24-46-15-17-49(7,8)9/h13-14,19-20,22H,15-18,23-24H2,1-12H3. The van der Waals surface area contributed by atoms with Crippen molar-refractivity contribution in [2.24, 2.45) is 0 Å². The van der Waals surface area contributed by atoms with Crippen LogP contribution in [-0.2, 0) is 31.5 Å². The molecule has 272 valence electrons. The molecule has 0 radical (unpaired) electrons. The van der Waals surface area contributed by atoms with Gasteiger partial charge in [-0.15, -0.1) is 0 Å². The first-order chi connectivity index (χ1) is 23.0. The SMILES string of the molecule is COc1cc(C)c2c(ccn2C(=O)OC(C)(C)C)c1C(C)(CS(=O)(=O)CC[Si](C)(C)C)c1nc2cc(C#N)cnc2n1COCC[Si](C)(C)C. The lowest BCUT2D eigenvalue weighted by atomic mass is 9.80. The van der Waals surface area contributed by atoms with Crippen LogP contribution >= 0.6 is 0 Å². The van der Waals surface area contributed by atoms with Gasteiger partial charge in [0, 0.05) is 51.9 Å². The molecule has 50 heavy (non-hydrogen) atoms. The Balaban J connectivity index is 2.07. The zero-order valence-corrected chi connectivity index (χ0v) is 34.5. The summed E-state index contributed by atoms with van der Waals surface area (Å²) in [5, 5.41) is 10.3. The molecule has 0 aliphatic heterocycles. The summed E-state index contributed by atoms with van der Waals surface area (Å²) in [5.41, 5.74) is 1.11. The van der Waals surface area contributed by atoms with E-state index >= 15 is 0 Å². The highest BCUT2D eigenvalue weighted by Gasteiger charge is 2.43. The molecular weight excluding hydrogens is 687 g/mol. The van der Waals surface area contributed by atoms with Crippen LogP contribution in [0.3, 0.4) is 0 Å². The Morgan fingerprint density at radius 3 is 2.28 bits per heavy atom. The zero-order valence-electron chi connectivity index (χ0n) is 31.7. The van der Waals surface area contributed by atoms with Gasteiger partial charge >= 0.3 is 6.09 Å². The molecular formula is C36H53N5O6SSi2. The summed E-state index contributed by atoms with van der Waals surface area (Å²) in [7, 11) is -5.27. The Kier molecular flexibility index (Phi) is 11.2. The lowest BCUT2D eigenvalue weighted by molar-refractivity contribution is 0.0544. The second-order valence-electron chi connectivity index (χ2n) is 16.8. The van der Waals surface area contributed by atoms with Crippen LogP contribution < -0.4 is 4.74 Å². The highest BCUT2D eigenvalue weighted by Crippen LogP contribution is 2.45. The molecule has 1 aromatic carbocycles. The second-order valence-corrected chi connectivity index (χ2v) is 30.3. The number of nitrogens with zero attached hydrogens (tertiary/aromatic N) is 5. The molecule has 0 bridgehead atoms. The summed E-state index contributed by atoms with van der Waals surface area (Å²) in [6.07, 6.45) is 2.59. The molecule has 0 aliphatic carbocycles. The number of sulfone groups is 1. The molecule has 0 saturated carbocycles. The van der Waals surface area contributed by atoms with Gasteiger partial charge in [0.25, 0.3) is 0 Å². The van der Waals surface area contributed by atoms with Crippen molar-refractivity contribution in [1.82, 2.24) is 19.1 Å². The molecule has 0 aliphatic rings. The summed E-state index contributed by atoms with van der Waals surface area (Å²) >= 11 is 0. The van der Waals surface area contributed by atoms with Crippen LogP contribution in [0, 0.1) is 18.3 Å². The Bertz CT molecular complexity index is 2050. The van der Waals surface area contributed by atoms with Gasteiger partial charge in [0.05, 0.1) is 29.4 Å². The Hall–Kier alpha value is -3.52. The van der Waals surface area contributed by atoms with Crippen LogP contribution in [0.15, 0.2) is 30.6 Å². The lowest BCUT2D eigenvalue weighted by Crippen LogP contribution is -2.38. The van der Waals surface area contributed by atoms with E-state index in [0.29, 0.717) is 57.4 Å². The first-order valence-corrected chi connectivity index (χ1v) is 26.2. The third-order valence-corrected chi connectivity index (χ3v) is 14.2. The summed E-state index contributed by atoms with van der Waals surface area (Å²) in [5.74, 6) is 0.607. The van der Waals surface area contributed by atoms with E-state index in [4.69, 9.17) is 19.2 Å². The van der Waals surface area contributed by atoms with Crippen LogP contribution in [0.1, 0.15) is 50.2 Å². The minimum absolute atomic E-state index is 0.0261. The van der Waals surface area contributed by atoms with Crippen molar-refractivity contribution in [3.63, 3.8) is 0 Å². The van der Waals surface area contributed by atoms with Gasteiger partial charge in [-0.3, -0.25) is 9.13 Å². The average molecular weight is 740 g/mol. The largest absolute Gasteiger partial charge is 0.496 e. The van der Waals surface area contributed by atoms with E-state index in [0.717, 1.165) is 11.6 Å². The minimum Gasteiger partial charge on any atom is -0.496 e. The van der Waals surface area contributed by atoms with Crippen LogP contribution in [0.4, 0.5) is 4.79 Å². The van der Waals surface area contributed by atoms with Crippen LogP contribution in [0.25, 0.3) is 22.1 Å². The zero-order chi connectivity index (χ0) is 37.4. The third-order valence-electron chi connectivity index (χ3n) is 8.58. The van der Waals surface area contributed by atoms with Gasteiger partial charge in [-0.25, -0.2) is 23.2 Å². The van der Waals surface area contributed by atoms with E-state index < -0.39 is 43.1 Å². The van der Waals surface area contributed by atoms with E-state index in [-0.39, 0.29) is 18.2 Å². The number of pyridine rings is 1. The molecule has 4 rings (SSSR count). The minimum atomic E-state index is -3.70. The summed E-state index contributed by atoms with van der Waals surface area (Å²) in [4.78, 5) is 23.2. The van der Waals surface area contributed by atoms with Crippen molar-refractivity contribution in [3.05, 3.63) is 53.1 Å². The number of fused-ring (bicyclic) bond motifs is 2. The average Bonchev–Trinajstić information content (AvgIpc) is 3.59. The first-order valence-electron chi connectivity index (χ1n) is 17.0. The number of carbonyl (C=O) groups is 1. The van der Waals surface area contributed by atoms with Gasteiger partial charge < -0.3 is 14.2 Å². The van der Waals surface area contributed by atoms with Crippen molar-refractivity contribution in [2.75, 3.05) is 25.2 Å². The predicted molar refractivity (Wildman–Crippen MR) is 204 cm³/mol. The van der Waals surface area contributed by atoms with Gasteiger partial charge in [0.1, 0.15) is 35.5 Å². The predicted octanol–water partition coefficient (Wildman–Crippen LogP) is 7.73. The Labute approximate surface area is 298 Å². The van der Waals surface area contributed by atoms with Gasteiger partial charge in [-0.05, 0) is 70.5 Å². The molecule has 0 fully saturated rings. The molecule has 1 unspecified atom stereocenters. The topological polar surface area (TPSA) is 138 Å². The van der Waals surface area contributed by atoms with Crippen molar-refractivity contribution >= 4 is 54.1 Å². The number of rotatable bonds is 13. The van der Waals surface area contributed by atoms with E-state index in [1.165, 1.54) is 10.8 Å². The van der Waals surface area contributed by atoms with Gasteiger partial charge in [0.15, 0.2) is 15.5 Å². The van der Waals surface area contributed by atoms with Crippen molar-refractivity contribution in [3.8, 4) is 11.8 Å². The smallest absolute Gasteiger partial charge is 0.419 e.